The van der Waals surface area contributed by atoms with Crippen LogP contribution in [0.3, 0.4) is 0 Å². The first-order valence-corrected chi connectivity index (χ1v) is 21.4. The van der Waals surface area contributed by atoms with Gasteiger partial charge in [-0.15, -0.1) is 0 Å². The van der Waals surface area contributed by atoms with Gasteiger partial charge in [0.2, 0.25) is 0 Å². The predicted molar refractivity (Wildman–Crippen MR) is 226 cm³/mol. The Morgan fingerprint density at radius 3 is 1.21 bits per heavy atom. The van der Waals surface area contributed by atoms with E-state index >= 15 is 0 Å². The van der Waals surface area contributed by atoms with E-state index in [-0.39, 0.29) is 9.79 Å². The molecule has 9 rings (SSSR count). The van der Waals surface area contributed by atoms with Gasteiger partial charge in [0.05, 0.1) is 32.2 Å². The Morgan fingerprint density at radius 2 is 0.810 bits per heavy atom. The molecule has 0 radical (unpaired) electrons. The van der Waals surface area contributed by atoms with E-state index in [1.807, 2.05) is 72.8 Å². The van der Waals surface area contributed by atoms with Crippen LogP contribution in [0.5, 0.6) is 11.5 Å². The van der Waals surface area contributed by atoms with Gasteiger partial charge >= 0.3 is 0 Å². The summed E-state index contributed by atoms with van der Waals surface area (Å²) in [5.74, 6) is 1.15. The van der Waals surface area contributed by atoms with Crippen molar-refractivity contribution in [3.63, 3.8) is 0 Å². The van der Waals surface area contributed by atoms with Gasteiger partial charge in [0.15, 0.2) is 0 Å². The van der Waals surface area contributed by atoms with E-state index < -0.39 is 20.0 Å². The Bertz CT molecular complexity index is 2920. The zero-order valence-electron chi connectivity index (χ0n) is 30.9. The van der Waals surface area contributed by atoms with Crippen molar-refractivity contribution >= 4 is 41.9 Å². The molecule has 0 saturated heterocycles. The summed E-state index contributed by atoms with van der Waals surface area (Å²) in [4.78, 5) is 4.79. The van der Waals surface area contributed by atoms with Gasteiger partial charge in [0, 0.05) is 34.3 Å². The Balaban J connectivity index is 1.18. The molecule has 0 aliphatic heterocycles. The molecule has 286 valence electrons. The van der Waals surface area contributed by atoms with E-state index in [0.717, 1.165) is 11.1 Å². The largest absolute Gasteiger partial charge is 0.489 e. The molecule has 6 aromatic carbocycles. The van der Waals surface area contributed by atoms with Gasteiger partial charge < -0.3 is 9.47 Å². The molecule has 3 heterocycles. The molecule has 3 aromatic heterocycles. The van der Waals surface area contributed by atoms with Crippen LogP contribution in [0.4, 0.5) is 0 Å². The number of ether oxygens (including phenoxy) is 2. The number of benzene rings is 6. The summed E-state index contributed by atoms with van der Waals surface area (Å²) in [5.41, 5.74) is 4.50. The van der Waals surface area contributed by atoms with Gasteiger partial charge in [0.1, 0.15) is 24.7 Å². The Morgan fingerprint density at radius 1 is 0.431 bits per heavy atom. The molecule has 0 amide bonds. The molecule has 0 unspecified atom stereocenters. The normalized spacial score (nSPS) is 11.9. The second kappa shape index (κ2) is 15.2. The molecule has 11 heteroatoms. The van der Waals surface area contributed by atoms with Crippen LogP contribution < -0.4 is 9.47 Å². The summed E-state index contributed by atoms with van der Waals surface area (Å²) in [7, 11) is -8.26. The summed E-state index contributed by atoms with van der Waals surface area (Å²) < 4.78 is 72.9. The van der Waals surface area contributed by atoms with Gasteiger partial charge in [-0.05, 0) is 90.0 Å². The van der Waals surface area contributed by atoms with Crippen LogP contribution in [0.25, 0.3) is 44.3 Å². The van der Waals surface area contributed by atoms with Gasteiger partial charge in [-0.1, -0.05) is 97.1 Å². The summed E-state index contributed by atoms with van der Waals surface area (Å²) >= 11 is 0. The molecule has 0 atom stereocenters. The Hall–Kier alpha value is -6.95. The van der Waals surface area contributed by atoms with Crippen LogP contribution in [0.15, 0.2) is 198 Å². The van der Waals surface area contributed by atoms with Gasteiger partial charge in [-0.25, -0.2) is 24.8 Å². The van der Waals surface area contributed by atoms with E-state index in [1.54, 1.807) is 116 Å². The van der Waals surface area contributed by atoms with E-state index in [2.05, 4.69) is 4.98 Å². The van der Waals surface area contributed by atoms with Gasteiger partial charge in [0.25, 0.3) is 20.0 Å². The number of nitrogens with zero attached hydrogens (tertiary/aromatic N) is 3. The topological polar surface area (TPSA) is 109 Å². The molecule has 9 nitrogen and oxygen atoms in total. The van der Waals surface area contributed by atoms with Crippen LogP contribution in [0.2, 0.25) is 0 Å². The summed E-state index contributed by atoms with van der Waals surface area (Å²) in [6.45, 7) is 0.684. The van der Waals surface area contributed by atoms with Crippen LogP contribution in [0, 0.1) is 0 Å². The molecule has 0 aliphatic rings. The highest BCUT2D eigenvalue weighted by Crippen LogP contribution is 2.38. The Kier molecular flexibility index (Phi) is 9.60. The predicted octanol–water partition coefficient (Wildman–Crippen LogP) is 9.96. The fourth-order valence-corrected chi connectivity index (χ4v) is 10.1. The lowest BCUT2D eigenvalue weighted by atomic mass is 10.1. The lowest BCUT2D eigenvalue weighted by Crippen LogP contribution is -2.15. The van der Waals surface area contributed by atoms with Gasteiger partial charge in [-0.3, -0.25) is 4.98 Å². The van der Waals surface area contributed by atoms with Crippen molar-refractivity contribution in [2.24, 2.45) is 0 Å². The first-order valence-electron chi connectivity index (χ1n) is 18.5. The van der Waals surface area contributed by atoms with Crippen molar-refractivity contribution in [1.82, 2.24) is 12.9 Å². The first kappa shape index (κ1) is 36.7. The molecule has 0 spiro atoms. The van der Waals surface area contributed by atoms with Gasteiger partial charge in [-0.2, -0.15) is 0 Å². The fraction of sp³-hybridized carbons (Fsp3) is 0.0426. The third kappa shape index (κ3) is 7.02. The number of fused-ring (bicyclic) bond motifs is 2. The maximum absolute atomic E-state index is 14.5. The maximum atomic E-state index is 14.5. The monoisotopic (exact) mass is 801 g/mol. The van der Waals surface area contributed by atoms with E-state index in [0.29, 0.717) is 69.0 Å². The zero-order chi connectivity index (χ0) is 39.7. The molecule has 9 aromatic rings. The second-order valence-electron chi connectivity index (χ2n) is 13.7. The zero-order valence-corrected chi connectivity index (χ0v) is 32.6. The summed E-state index contributed by atoms with van der Waals surface area (Å²) in [5, 5.41) is 1.27. The molecule has 0 aliphatic carbocycles. The number of rotatable bonds is 12. The van der Waals surface area contributed by atoms with Crippen molar-refractivity contribution in [1.29, 1.82) is 0 Å². The highest BCUT2D eigenvalue weighted by atomic mass is 32.2. The lowest BCUT2D eigenvalue weighted by Gasteiger charge is -2.14. The third-order valence-electron chi connectivity index (χ3n) is 9.85. The minimum absolute atomic E-state index is 0.113. The molecule has 0 fully saturated rings. The number of aromatic nitrogens is 3. The summed E-state index contributed by atoms with van der Waals surface area (Å²) in [6.07, 6.45) is 3.16. The molecule has 0 N–H and O–H groups in total. The van der Waals surface area contributed by atoms with E-state index in [1.165, 1.54) is 7.94 Å². The average molecular weight is 802 g/mol. The fourth-order valence-electron chi connectivity index (χ4n) is 7.03. The Labute approximate surface area is 336 Å². The first-order chi connectivity index (χ1) is 28.3. The SMILES string of the molecule is O=S(=O)(c1ccccc1)n1c(-c2cncc(-c3cc4cc(OCc5ccccc5)ccc4n3S(=O)(=O)c3ccccc3)c2)cc2cc(OCc3ccccc3)ccc21. The minimum atomic E-state index is -4.13. The molecule has 0 saturated carbocycles. The number of hydrogen-bond acceptors (Lipinski definition) is 7. The van der Waals surface area contributed by atoms with E-state index in [4.69, 9.17) is 9.47 Å². The van der Waals surface area contributed by atoms with Crippen LogP contribution in [-0.4, -0.2) is 29.8 Å². The third-order valence-corrected chi connectivity index (χ3v) is 13.3. The highest BCUT2D eigenvalue weighted by Gasteiger charge is 2.27. The highest BCUT2D eigenvalue weighted by molar-refractivity contribution is 7.90. The average Bonchev–Trinajstić information content (AvgIpc) is 3.86. The van der Waals surface area contributed by atoms with Crippen molar-refractivity contribution in [3.8, 4) is 34.0 Å². The lowest BCUT2D eigenvalue weighted by molar-refractivity contribution is 0.306. The smallest absolute Gasteiger partial charge is 0.268 e. The minimum Gasteiger partial charge on any atom is -0.489 e. The second-order valence-corrected chi connectivity index (χ2v) is 17.2. The van der Waals surface area contributed by atoms with Crippen LogP contribution in [-0.2, 0) is 33.3 Å². The molecule has 58 heavy (non-hydrogen) atoms. The molecular weight excluding hydrogens is 767 g/mol. The number of hydrogen-bond donors (Lipinski definition) is 0. The quantitative estimate of drug-likeness (QED) is 0.121. The van der Waals surface area contributed by atoms with E-state index in [9.17, 15) is 16.8 Å². The molecular formula is C47H35N3O6S2. The maximum Gasteiger partial charge on any atom is 0.268 e. The van der Waals surface area contributed by atoms with Crippen molar-refractivity contribution in [2.45, 2.75) is 23.0 Å². The molecule has 0 bridgehead atoms. The van der Waals surface area contributed by atoms with Crippen molar-refractivity contribution in [2.75, 3.05) is 0 Å². The van der Waals surface area contributed by atoms with Crippen molar-refractivity contribution in [3.05, 3.63) is 199 Å². The van der Waals surface area contributed by atoms with Crippen LogP contribution >= 0.6 is 0 Å². The van der Waals surface area contributed by atoms with Crippen molar-refractivity contribution < 1.29 is 26.3 Å². The standard InChI is InChI=1S/C47H35N3O6S2/c51-57(52,42-17-9-3-10-18-42)49-44-23-21-40(55-32-34-13-5-1-6-14-34)26-36(44)28-46(49)38-25-39(31-48-30-38)47-29-37-27-41(56-33-35-15-7-2-8-16-35)22-24-45(37)50(47)58(53,54)43-19-11-4-12-20-43/h1-31H,32-33H2. The van der Waals surface area contributed by atoms with Crippen LogP contribution in [0.1, 0.15) is 11.1 Å². The number of pyridine rings is 1. The summed E-state index contributed by atoms with van der Waals surface area (Å²) in [6, 6.07) is 52.0.